The molecule has 0 fully saturated rings. The fourth-order valence-electron chi connectivity index (χ4n) is 4.15. The fraction of sp³-hybridized carbons (Fsp3) is 0.323. The maximum atomic E-state index is 13.1. The summed E-state index contributed by atoms with van der Waals surface area (Å²) in [6.07, 6.45) is -0.391. The quantitative estimate of drug-likeness (QED) is 0.167. The van der Waals surface area contributed by atoms with Crippen LogP contribution >= 0.6 is 7.60 Å². The summed E-state index contributed by atoms with van der Waals surface area (Å²) in [5.74, 6) is -1.13. The molecule has 0 aromatic heterocycles. The monoisotopic (exact) mass is 595 g/mol. The third kappa shape index (κ3) is 10.8. The van der Waals surface area contributed by atoms with Gasteiger partial charge in [0, 0.05) is 19.6 Å². The van der Waals surface area contributed by atoms with E-state index in [1.54, 1.807) is 35.2 Å². The van der Waals surface area contributed by atoms with Gasteiger partial charge < -0.3 is 24.4 Å². The van der Waals surface area contributed by atoms with Crippen molar-refractivity contribution in [3.63, 3.8) is 0 Å². The molecule has 0 heterocycles. The Balaban J connectivity index is 1.60. The Hall–Kier alpha value is -3.98. The van der Waals surface area contributed by atoms with E-state index in [9.17, 15) is 23.8 Å². The lowest BCUT2D eigenvalue weighted by atomic mass is 10.0. The van der Waals surface area contributed by atoms with Gasteiger partial charge in [-0.25, -0.2) is 4.57 Å². The minimum absolute atomic E-state index is 0.0282. The maximum absolute atomic E-state index is 13.1. The molecule has 224 valence electrons. The van der Waals surface area contributed by atoms with Gasteiger partial charge in [-0.15, -0.1) is 0 Å². The standard InChI is InChI=1S/C31H38N3O7P/c1-3-34(4-2)29(35)22-40-30(36)19-20-32-31(37)28(33-23-42(38,39)41-27-13-9-6-10-14-27)21-24-15-17-26(18-16-24)25-11-7-5-8-12-25/h5-18,28,33H,3-4,19-23H2,1-2H3,(H,32,37)(H,38,39)/t28-/m0/s1. The molecule has 0 aliphatic rings. The summed E-state index contributed by atoms with van der Waals surface area (Å²) < 4.78 is 23.0. The highest BCUT2D eigenvalue weighted by Gasteiger charge is 2.26. The third-order valence-corrected chi connectivity index (χ3v) is 7.53. The summed E-state index contributed by atoms with van der Waals surface area (Å²) in [6.45, 7) is 4.33. The molecule has 3 rings (SSSR count). The molecule has 0 bridgehead atoms. The largest absolute Gasteiger partial charge is 0.456 e. The van der Waals surface area contributed by atoms with Crippen LogP contribution in [0.4, 0.5) is 0 Å². The number of hydrogen-bond donors (Lipinski definition) is 3. The zero-order valence-corrected chi connectivity index (χ0v) is 24.8. The minimum atomic E-state index is -4.14. The van der Waals surface area contributed by atoms with Crippen LogP contribution in [0.15, 0.2) is 84.9 Å². The first-order valence-corrected chi connectivity index (χ1v) is 15.6. The number of esters is 1. The van der Waals surface area contributed by atoms with E-state index >= 15 is 0 Å². The van der Waals surface area contributed by atoms with E-state index in [-0.39, 0.29) is 37.6 Å². The smallest absolute Gasteiger partial charge is 0.390 e. The molecule has 10 nitrogen and oxygen atoms in total. The van der Waals surface area contributed by atoms with Crippen molar-refractivity contribution in [2.45, 2.75) is 32.7 Å². The van der Waals surface area contributed by atoms with E-state index in [0.29, 0.717) is 13.1 Å². The molecule has 1 unspecified atom stereocenters. The van der Waals surface area contributed by atoms with Gasteiger partial charge in [0.25, 0.3) is 5.91 Å². The normalized spacial score (nSPS) is 12.9. The molecule has 2 amide bonds. The Kier molecular flexibility index (Phi) is 12.7. The van der Waals surface area contributed by atoms with Crippen LogP contribution in [-0.2, 0) is 30.1 Å². The van der Waals surface area contributed by atoms with Gasteiger partial charge in [0.1, 0.15) is 12.0 Å². The number of hydrogen-bond acceptors (Lipinski definition) is 7. The van der Waals surface area contributed by atoms with Gasteiger partial charge in [0.15, 0.2) is 6.61 Å². The second-order valence-electron chi connectivity index (χ2n) is 9.49. The molecule has 0 radical (unpaired) electrons. The van der Waals surface area contributed by atoms with E-state index in [4.69, 9.17) is 9.26 Å². The van der Waals surface area contributed by atoms with Gasteiger partial charge in [-0.05, 0) is 49.1 Å². The van der Waals surface area contributed by atoms with Crippen molar-refractivity contribution in [2.24, 2.45) is 0 Å². The molecule has 0 aliphatic heterocycles. The topological polar surface area (TPSA) is 134 Å². The van der Waals surface area contributed by atoms with E-state index < -0.39 is 31.8 Å². The highest BCUT2D eigenvalue weighted by atomic mass is 31.2. The molecule has 0 saturated carbocycles. The highest BCUT2D eigenvalue weighted by molar-refractivity contribution is 7.53. The number of carbonyl (C=O) groups excluding carboxylic acids is 3. The molecular weight excluding hydrogens is 557 g/mol. The van der Waals surface area contributed by atoms with Crippen LogP contribution in [0.1, 0.15) is 25.8 Å². The molecule has 3 aromatic rings. The zero-order chi connectivity index (χ0) is 30.4. The first kappa shape index (κ1) is 32.5. The lowest BCUT2D eigenvalue weighted by Gasteiger charge is -2.21. The second kappa shape index (κ2) is 16.5. The maximum Gasteiger partial charge on any atom is 0.390 e. The Morgan fingerprint density at radius 2 is 1.48 bits per heavy atom. The third-order valence-electron chi connectivity index (χ3n) is 6.45. The van der Waals surface area contributed by atoms with E-state index in [1.807, 2.05) is 68.4 Å². The van der Waals surface area contributed by atoms with Crippen molar-refractivity contribution in [3.05, 3.63) is 90.5 Å². The zero-order valence-electron chi connectivity index (χ0n) is 23.9. The van der Waals surface area contributed by atoms with Gasteiger partial charge in [-0.2, -0.15) is 0 Å². The highest BCUT2D eigenvalue weighted by Crippen LogP contribution is 2.41. The van der Waals surface area contributed by atoms with E-state index in [1.165, 1.54) is 0 Å². The summed E-state index contributed by atoms with van der Waals surface area (Å²) in [6, 6.07) is 24.9. The van der Waals surface area contributed by atoms with Gasteiger partial charge in [-0.1, -0.05) is 72.8 Å². The number of nitrogens with zero attached hydrogens (tertiary/aromatic N) is 1. The van der Waals surface area contributed by atoms with Crippen LogP contribution in [-0.4, -0.2) is 66.1 Å². The molecule has 42 heavy (non-hydrogen) atoms. The predicted octanol–water partition coefficient (Wildman–Crippen LogP) is 3.99. The van der Waals surface area contributed by atoms with Gasteiger partial charge >= 0.3 is 13.6 Å². The first-order chi connectivity index (χ1) is 20.2. The Morgan fingerprint density at radius 3 is 2.10 bits per heavy atom. The van der Waals surface area contributed by atoms with E-state index in [0.717, 1.165) is 16.7 Å². The molecule has 3 N–H and O–H groups in total. The molecule has 3 aromatic carbocycles. The second-order valence-corrected chi connectivity index (χ2v) is 11.3. The lowest BCUT2D eigenvalue weighted by Crippen LogP contribution is -2.46. The number of rotatable bonds is 16. The minimum Gasteiger partial charge on any atom is -0.456 e. The number of amides is 2. The van der Waals surface area contributed by atoms with Crippen LogP contribution in [0.25, 0.3) is 11.1 Å². The average molecular weight is 596 g/mol. The number of nitrogens with one attached hydrogen (secondary N) is 2. The summed E-state index contributed by atoms with van der Waals surface area (Å²) >= 11 is 0. The number of para-hydroxylation sites is 1. The summed E-state index contributed by atoms with van der Waals surface area (Å²) in [5, 5.41) is 5.54. The van der Waals surface area contributed by atoms with Gasteiger partial charge in [0.05, 0.1) is 12.5 Å². The lowest BCUT2D eigenvalue weighted by molar-refractivity contribution is -0.151. The number of ether oxygens (including phenoxy) is 1. The van der Waals surface area contributed by atoms with E-state index in [2.05, 4.69) is 10.6 Å². The molecule has 0 saturated heterocycles. The fourth-order valence-corrected chi connectivity index (χ4v) is 5.12. The van der Waals surface area contributed by atoms with Crippen molar-refractivity contribution in [3.8, 4) is 16.9 Å². The number of benzene rings is 3. The molecule has 2 atom stereocenters. The van der Waals surface area contributed by atoms with Crippen LogP contribution in [0, 0.1) is 0 Å². The van der Waals surface area contributed by atoms with Crippen LogP contribution < -0.4 is 15.2 Å². The molecule has 11 heteroatoms. The SMILES string of the molecule is CCN(CC)C(=O)COC(=O)CCNC(=O)[C@H](Cc1ccc(-c2ccccc2)cc1)NCP(=O)(O)Oc1ccccc1. The molecule has 0 aliphatic carbocycles. The Morgan fingerprint density at radius 1 is 0.881 bits per heavy atom. The summed E-state index contributed by atoms with van der Waals surface area (Å²) in [5.41, 5.74) is 2.90. The molecular formula is C31H38N3O7P. The summed E-state index contributed by atoms with van der Waals surface area (Å²) in [4.78, 5) is 49.2. The summed E-state index contributed by atoms with van der Waals surface area (Å²) in [7, 11) is -4.14. The molecule has 0 spiro atoms. The van der Waals surface area contributed by atoms with Gasteiger partial charge in [0.2, 0.25) is 5.91 Å². The average Bonchev–Trinajstić information content (AvgIpc) is 2.99. The van der Waals surface area contributed by atoms with Crippen molar-refractivity contribution < 1.29 is 33.1 Å². The number of likely N-dealkylation sites (N-methyl/N-ethyl adjacent to an activating group) is 1. The van der Waals surface area contributed by atoms with Crippen LogP contribution in [0.5, 0.6) is 5.75 Å². The van der Waals surface area contributed by atoms with Crippen LogP contribution in [0.3, 0.4) is 0 Å². The number of carbonyl (C=O) groups is 3. The van der Waals surface area contributed by atoms with Crippen molar-refractivity contribution >= 4 is 25.4 Å². The van der Waals surface area contributed by atoms with Crippen molar-refractivity contribution in [1.82, 2.24) is 15.5 Å². The Bertz CT molecular complexity index is 1330. The van der Waals surface area contributed by atoms with Crippen molar-refractivity contribution in [1.29, 1.82) is 0 Å². The van der Waals surface area contributed by atoms with Gasteiger partial charge in [-0.3, -0.25) is 19.7 Å². The Labute approximate surface area is 246 Å². The predicted molar refractivity (Wildman–Crippen MR) is 161 cm³/mol. The first-order valence-electron chi connectivity index (χ1n) is 13.9. The van der Waals surface area contributed by atoms with Crippen molar-refractivity contribution in [2.75, 3.05) is 32.5 Å². The van der Waals surface area contributed by atoms with Crippen LogP contribution in [0.2, 0.25) is 0 Å².